The summed E-state index contributed by atoms with van der Waals surface area (Å²) in [7, 11) is -3.54. The molecular weight excluding hydrogens is 499 g/mol. The highest BCUT2D eigenvalue weighted by Gasteiger charge is 2.44. The van der Waals surface area contributed by atoms with Gasteiger partial charge in [-0.1, -0.05) is 23.2 Å². The molecule has 0 aliphatic carbocycles. The molecule has 0 aromatic heterocycles. The second-order valence-electron chi connectivity index (χ2n) is 7.26. The fraction of sp³-hybridized carbons (Fsp3) is 0.250. The first-order valence-electron chi connectivity index (χ1n) is 9.33. The molecule has 0 radical (unpaired) electrons. The van der Waals surface area contributed by atoms with Gasteiger partial charge in [-0.05, 0) is 36.2 Å². The van der Waals surface area contributed by atoms with Gasteiger partial charge in [-0.15, -0.1) is 0 Å². The highest BCUT2D eigenvalue weighted by atomic mass is 35.5. The van der Waals surface area contributed by atoms with Crippen LogP contribution in [0.15, 0.2) is 36.4 Å². The largest absolute Gasteiger partial charge is 0.459 e. The number of hydrogen-bond acceptors (Lipinski definition) is 8. The van der Waals surface area contributed by atoms with E-state index in [1.54, 1.807) is 0 Å². The Labute approximate surface area is 198 Å². The number of sulfone groups is 1. The van der Waals surface area contributed by atoms with Crippen molar-refractivity contribution in [3.8, 4) is 0 Å². The van der Waals surface area contributed by atoms with Gasteiger partial charge in [0.1, 0.15) is 22.5 Å². The van der Waals surface area contributed by atoms with Crippen LogP contribution < -0.4 is 0 Å². The van der Waals surface area contributed by atoms with E-state index in [0.717, 1.165) is 6.26 Å². The fourth-order valence-electron chi connectivity index (χ4n) is 3.18. The van der Waals surface area contributed by atoms with Crippen LogP contribution in [0.3, 0.4) is 0 Å². The second kappa shape index (κ2) is 9.46. The Morgan fingerprint density at radius 1 is 1.09 bits per heavy atom. The minimum Gasteiger partial charge on any atom is -0.459 e. The number of carbonyl (C=O) groups is 3. The number of nitro benzene ring substituents is 1. The van der Waals surface area contributed by atoms with Crippen molar-refractivity contribution >= 4 is 56.5 Å². The number of non-ortho nitro benzene ring substituents is 1. The number of carbonyl (C=O) groups excluding carboxylic acids is 3. The highest BCUT2D eigenvalue weighted by molar-refractivity contribution is 7.90. The lowest BCUT2D eigenvalue weighted by atomic mass is 10.1. The SMILES string of the molecule is CS(=O)(=O)CC[C@@H](C(=O)OCc1ccc([N+](=O)[O-])cc1)N1C(=O)c2cc(Cl)c(Cl)cc2C1=O. The van der Waals surface area contributed by atoms with E-state index in [4.69, 9.17) is 27.9 Å². The van der Waals surface area contributed by atoms with Gasteiger partial charge < -0.3 is 4.74 Å². The third kappa shape index (κ3) is 5.49. The third-order valence-corrected chi connectivity index (χ3v) is 6.53. The summed E-state index contributed by atoms with van der Waals surface area (Å²) in [5, 5.41) is 10.8. The van der Waals surface area contributed by atoms with Crippen molar-refractivity contribution in [2.45, 2.75) is 19.1 Å². The van der Waals surface area contributed by atoms with E-state index in [9.17, 15) is 32.9 Å². The maximum atomic E-state index is 12.9. The van der Waals surface area contributed by atoms with Crippen molar-refractivity contribution in [1.29, 1.82) is 0 Å². The van der Waals surface area contributed by atoms with E-state index < -0.39 is 44.3 Å². The van der Waals surface area contributed by atoms with Gasteiger partial charge in [0.25, 0.3) is 17.5 Å². The molecule has 1 aliphatic heterocycles. The van der Waals surface area contributed by atoms with Crippen molar-refractivity contribution in [2.75, 3.05) is 12.0 Å². The monoisotopic (exact) mass is 514 g/mol. The average Bonchev–Trinajstić information content (AvgIpc) is 2.97. The summed E-state index contributed by atoms with van der Waals surface area (Å²) in [4.78, 5) is 49.4. The lowest BCUT2D eigenvalue weighted by Crippen LogP contribution is -2.46. The zero-order chi connectivity index (χ0) is 24.5. The number of benzene rings is 2. The number of halogens is 2. The van der Waals surface area contributed by atoms with Crippen LogP contribution in [0.2, 0.25) is 10.0 Å². The number of amides is 2. The summed E-state index contributed by atoms with van der Waals surface area (Å²) in [5.41, 5.74) is 0.125. The number of hydrogen-bond donors (Lipinski definition) is 0. The topological polar surface area (TPSA) is 141 Å². The quantitative estimate of drug-likeness (QED) is 0.226. The van der Waals surface area contributed by atoms with Crippen LogP contribution in [0.5, 0.6) is 0 Å². The minimum absolute atomic E-state index is 0.0341. The zero-order valence-corrected chi connectivity index (χ0v) is 19.3. The number of imide groups is 1. The Morgan fingerprint density at radius 2 is 1.61 bits per heavy atom. The molecule has 0 N–H and O–H groups in total. The van der Waals surface area contributed by atoms with Crippen LogP contribution in [0, 0.1) is 10.1 Å². The number of rotatable bonds is 8. The molecule has 2 aromatic carbocycles. The molecule has 1 atom stereocenters. The van der Waals surface area contributed by atoms with Crippen molar-refractivity contribution in [3.05, 3.63) is 73.2 Å². The van der Waals surface area contributed by atoms with Gasteiger partial charge in [-0.25, -0.2) is 13.2 Å². The molecular formula is C20H16Cl2N2O8S. The Balaban J connectivity index is 1.85. The molecule has 1 heterocycles. The number of ether oxygens (including phenoxy) is 1. The van der Waals surface area contributed by atoms with Crippen LogP contribution in [-0.4, -0.2) is 54.1 Å². The highest BCUT2D eigenvalue weighted by Crippen LogP contribution is 2.33. The maximum Gasteiger partial charge on any atom is 0.329 e. The van der Waals surface area contributed by atoms with Crippen LogP contribution >= 0.6 is 23.2 Å². The maximum absolute atomic E-state index is 12.9. The summed E-state index contributed by atoms with van der Waals surface area (Å²) < 4.78 is 28.6. The minimum atomic E-state index is -3.54. The molecule has 2 aromatic rings. The first kappa shape index (κ1) is 24.6. The Hall–Kier alpha value is -3.02. The number of nitrogens with zero attached hydrogens (tertiary/aromatic N) is 2. The summed E-state index contributed by atoms with van der Waals surface area (Å²) >= 11 is 11.9. The lowest BCUT2D eigenvalue weighted by molar-refractivity contribution is -0.384. The Kier molecular flexibility index (Phi) is 7.06. The number of fused-ring (bicyclic) bond motifs is 1. The standard InChI is InChI=1S/C20H16Cl2N2O8S/c1-33(30,31)7-6-17(20(27)32-10-11-2-4-12(5-3-11)24(28)29)23-18(25)13-8-15(21)16(22)9-14(13)19(23)26/h2-5,8-9,17H,6-7,10H2,1H3/t17-/m0/s1. The molecule has 10 nitrogen and oxygen atoms in total. The fourth-order valence-corrected chi connectivity index (χ4v) is 4.16. The number of nitro groups is 1. The lowest BCUT2D eigenvalue weighted by Gasteiger charge is -2.24. The molecule has 0 saturated heterocycles. The van der Waals surface area contributed by atoms with Gasteiger partial charge in [0, 0.05) is 18.4 Å². The van der Waals surface area contributed by atoms with Crippen LogP contribution in [-0.2, 0) is 26.0 Å². The first-order valence-corrected chi connectivity index (χ1v) is 12.2. The van der Waals surface area contributed by atoms with Gasteiger partial charge >= 0.3 is 5.97 Å². The zero-order valence-electron chi connectivity index (χ0n) is 17.0. The van der Waals surface area contributed by atoms with Crippen molar-refractivity contribution in [1.82, 2.24) is 4.90 Å². The van der Waals surface area contributed by atoms with Gasteiger partial charge in [0.2, 0.25) is 0 Å². The molecule has 174 valence electrons. The molecule has 0 saturated carbocycles. The summed E-state index contributed by atoms with van der Waals surface area (Å²) in [6.07, 6.45) is 0.569. The smallest absolute Gasteiger partial charge is 0.329 e. The molecule has 0 bridgehead atoms. The van der Waals surface area contributed by atoms with E-state index in [-0.39, 0.29) is 39.9 Å². The van der Waals surface area contributed by atoms with Gasteiger partial charge in [-0.3, -0.25) is 24.6 Å². The Bertz CT molecular complexity index is 1220. The van der Waals surface area contributed by atoms with Gasteiger partial charge in [0.05, 0.1) is 31.8 Å². The molecule has 0 fully saturated rings. The third-order valence-electron chi connectivity index (χ3n) is 4.83. The molecule has 0 spiro atoms. The molecule has 13 heteroatoms. The summed E-state index contributed by atoms with van der Waals surface area (Å²) in [6.45, 7) is -0.312. The van der Waals surface area contributed by atoms with E-state index in [0.29, 0.717) is 10.5 Å². The van der Waals surface area contributed by atoms with Crippen LogP contribution in [0.4, 0.5) is 5.69 Å². The molecule has 2 amide bonds. The Morgan fingerprint density at radius 3 is 2.06 bits per heavy atom. The molecule has 33 heavy (non-hydrogen) atoms. The normalized spacial score (nSPS) is 14.2. The predicted molar refractivity (Wildman–Crippen MR) is 118 cm³/mol. The molecule has 3 rings (SSSR count). The van der Waals surface area contributed by atoms with Crippen molar-refractivity contribution in [2.24, 2.45) is 0 Å². The van der Waals surface area contributed by atoms with E-state index in [1.807, 2.05) is 0 Å². The summed E-state index contributed by atoms with van der Waals surface area (Å²) in [5.74, 6) is -3.17. The van der Waals surface area contributed by atoms with Crippen LogP contribution in [0.1, 0.15) is 32.7 Å². The van der Waals surface area contributed by atoms with Crippen molar-refractivity contribution in [3.63, 3.8) is 0 Å². The second-order valence-corrected chi connectivity index (χ2v) is 10.3. The van der Waals surface area contributed by atoms with E-state index >= 15 is 0 Å². The molecule has 0 unspecified atom stereocenters. The number of esters is 1. The first-order chi connectivity index (χ1) is 15.4. The van der Waals surface area contributed by atoms with Gasteiger partial charge in [0.15, 0.2) is 0 Å². The molecule has 1 aliphatic rings. The van der Waals surface area contributed by atoms with E-state index in [1.165, 1.54) is 36.4 Å². The van der Waals surface area contributed by atoms with Crippen molar-refractivity contribution < 1.29 is 32.5 Å². The van der Waals surface area contributed by atoms with E-state index in [2.05, 4.69) is 0 Å². The predicted octanol–water partition coefficient (Wildman–Crippen LogP) is 3.04. The van der Waals surface area contributed by atoms with Gasteiger partial charge in [-0.2, -0.15) is 0 Å². The average molecular weight is 515 g/mol. The van der Waals surface area contributed by atoms with Crippen LogP contribution in [0.25, 0.3) is 0 Å². The summed E-state index contributed by atoms with van der Waals surface area (Å²) in [6, 6.07) is 6.09.